The van der Waals surface area contributed by atoms with Crippen molar-refractivity contribution >= 4 is 5.91 Å². The van der Waals surface area contributed by atoms with Gasteiger partial charge in [-0.05, 0) is 40.0 Å². The molecule has 1 heterocycles. The molecule has 0 spiro atoms. The number of hydrogen-bond donors (Lipinski definition) is 2. The molecule has 4 heteroatoms. The van der Waals surface area contributed by atoms with Crippen LogP contribution in [0.1, 0.15) is 40.0 Å². The van der Waals surface area contributed by atoms with E-state index >= 15 is 0 Å². The zero-order valence-corrected chi connectivity index (χ0v) is 10.6. The SMILES string of the molecule is CC(C)NC(=O)C(C)NC1CCCOCC1. The molecule has 1 saturated heterocycles. The van der Waals surface area contributed by atoms with E-state index in [9.17, 15) is 4.79 Å². The summed E-state index contributed by atoms with van der Waals surface area (Å²) in [6.45, 7) is 7.53. The predicted molar refractivity (Wildman–Crippen MR) is 64.3 cm³/mol. The number of rotatable bonds is 4. The zero-order chi connectivity index (χ0) is 12.0. The summed E-state index contributed by atoms with van der Waals surface area (Å²) in [5.41, 5.74) is 0. The molecule has 4 nitrogen and oxygen atoms in total. The summed E-state index contributed by atoms with van der Waals surface area (Å²) < 4.78 is 5.39. The first kappa shape index (κ1) is 13.5. The Hall–Kier alpha value is -0.610. The van der Waals surface area contributed by atoms with Crippen molar-refractivity contribution in [3.8, 4) is 0 Å². The summed E-state index contributed by atoms with van der Waals surface area (Å²) in [6, 6.07) is 0.495. The van der Waals surface area contributed by atoms with E-state index in [0.29, 0.717) is 6.04 Å². The van der Waals surface area contributed by atoms with Gasteiger partial charge in [-0.2, -0.15) is 0 Å². The molecule has 1 aliphatic rings. The van der Waals surface area contributed by atoms with Crippen molar-refractivity contribution < 1.29 is 9.53 Å². The maximum Gasteiger partial charge on any atom is 0.237 e. The molecule has 0 aromatic heterocycles. The molecule has 0 bridgehead atoms. The largest absolute Gasteiger partial charge is 0.381 e. The first-order valence-electron chi connectivity index (χ1n) is 6.23. The molecular weight excluding hydrogens is 204 g/mol. The summed E-state index contributed by atoms with van der Waals surface area (Å²) in [5, 5.41) is 6.29. The lowest BCUT2D eigenvalue weighted by atomic mass is 10.1. The van der Waals surface area contributed by atoms with Crippen LogP contribution in [0, 0.1) is 0 Å². The third-order valence-electron chi connectivity index (χ3n) is 2.76. The lowest BCUT2D eigenvalue weighted by Gasteiger charge is -2.22. The van der Waals surface area contributed by atoms with Crippen LogP contribution in [-0.4, -0.2) is 37.2 Å². The van der Waals surface area contributed by atoms with E-state index < -0.39 is 0 Å². The van der Waals surface area contributed by atoms with E-state index in [-0.39, 0.29) is 18.0 Å². The fraction of sp³-hybridized carbons (Fsp3) is 0.917. The highest BCUT2D eigenvalue weighted by Crippen LogP contribution is 2.08. The molecule has 1 rings (SSSR count). The van der Waals surface area contributed by atoms with Crippen molar-refractivity contribution in [2.45, 2.75) is 58.2 Å². The minimum atomic E-state index is -0.120. The molecule has 0 saturated carbocycles. The molecule has 0 aromatic carbocycles. The average Bonchev–Trinajstić information content (AvgIpc) is 2.45. The van der Waals surface area contributed by atoms with E-state index in [1.54, 1.807) is 0 Å². The van der Waals surface area contributed by atoms with Gasteiger partial charge in [-0.15, -0.1) is 0 Å². The van der Waals surface area contributed by atoms with Crippen LogP contribution in [0.25, 0.3) is 0 Å². The van der Waals surface area contributed by atoms with Crippen LogP contribution in [0.15, 0.2) is 0 Å². The molecule has 2 unspecified atom stereocenters. The summed E-state index contributed by atoms with van der Waals surface area (Å²) in [5.74, 6) is 0.0835. The van der Waals surface area contributed by atoms with E-state index in [4.69, 9.17) is 4.74 Å². The molecule has 1 aliphatic heterocycles. The molecule has 2 atom stereocenters. The molecule has 2 N–H and O–H groups in total. The zero-order valence-electron chi connectivity index (χ0n) is 10.6. The summed E-state index contributed by atoms with van der Waals surface area (Å²) in [4.78, 5) is 11.7. The predicted octanol–water partition coefficient (Wildman–Crippen LogP) is 1.06. The Kier molecular flexibility index (Phi) is 5.77. The Labute approximate surface area is 98.1 Å². The standard InChI is InChI=1S/C12H24N2O2/c1-9(2)13-12(15)10(3)14-11-5-4-7-16-8-6-11/h9-11,14H,4-8H2,1-3H3,(H,13,15). The summed E-state index contributed by atoms with van der Waals surface area (Å²) in [6.07, 6.45) is 3.18. The van der Waals surface area contributed by atoms with Crippen LogP contribution < -0.4 is 10.6 Å². The van der Waals surface area contributed by atoms with Gasteiger partial charge >= 0.3 is 0 Å². The topological polar surface area (TPSA) is 50.4 Å². The quantitative estimate of drug-likeness (QED) is 0.756. The number of ether oxygens (including phenoxy) is 1. The molecule has 0 aliphatic carbocycles. The fourth-order valence-electron chi connectivity index (χ4n) is 1.91. The Morgan fingerprint density at radius 3 is 2.69 bits per heavy atom. The molecule has 1 fully saturated rings. The van der Waals surface area contributed by atoms with Gasteiger partial charge < -0.3 is 15.4 Å². The van der Waals surface area contributed by atoms with Crippen LogP contribution in [0.2, 0.25) is 0 Å². The minimum absolute atomic E-state index is 0.0835. The second-order valence-electron chi connectivity index (χ2n) is 4.79. The van der Waals surface area contributed by atoms with Crippen molar-refractivity contribution in [1.29, 1.82) is 0 Å². The van der Waals surface area contributed by atoms with Crippen molar-refractivity contribution in [2.75, 3.05) is 13.2 Å². The number of carbonyl (C=O) groups is 1. The van der Waals surface area contributed by atoms with E-state index in [1.165, 1.54) is 0 Å². The number of amides is 1. The molecule has 1 amide bonds. The second kappa shape index (κ2) is 6.86. The highest BCUT2D eigenvalue weighted by atomic mass is 16.5. The highest BCUT2D eigenvalue weighted by molar-refractivity contribution is 5.81. The first-order valence-corrected chi connectivity index (χ1v) is 6.23. The lowest BCUT2D eigenvalue weighted by molar-refractivity contribution is -0.123. The molecule has 16 heavy (non-hydrogen) atoms. The van der Waals surface area contributed by atoms with Gasteiger partial charge in [-0.3, -0.25) is 4.79 Å². The van der Waals surface area contributed by atoms with Gasteiger partial charge in [0.15, 0.2) is 0 Å². The molecule has 94 valence electrons. The van der Waals surface area contributed by atoms with Crippen LogP contribution in [0.3, 0.4) is 0 Å². The smallest absolute Gasteiger partial charge is 0.237 e. The maximum absolute atomic E-state index is 11.7. The monoisotopic (exact) mass is 228 g/mol. The molecule has 0 aromatic rings. The van der Waals surface area contributed by atoms with Gasteiger partial charge in [0.05, 0.1) is 6.04 Å². The van der Waals surface area contributed by atoms with Gasteiger partial charge in [0, 0.05) is 25.3 Å². The van der Waals surface area contributed by atoms with Gasteiger partial charge in [0.1, 0.15) is 0 Å². The lowest BCUT2D eigenvalue weighted by Crippen LogP contribution is -2.48. The fourth-order valence-corrected chi connectivity index (χ4v) is 1.91. The van der Waals surface area contributed by atoms with Crippen LogP contribution in [-0.2, 0) is 9.53 Å². The Balaban J connectivity index is 2.31. The third-order valence-corrected chi connectivity index (χ3v) is 2.76. The highest BCUT2D eigenvalue weighted by Gasteiger charge is 2.19. The summed E-state index contributed by atoms with van der Waals surface area (Å²) >= 11 is 0. The number of carbonyl (C=O) groups excluding carboxylic acids is 1. The van der Waals surface area contributed by atoms with Crippen LogP contribution >= 0.6 is 0 Å². The Morgan fingerprint density at radius 1 is 1.25 bits per heavy atom. The Bertz CT molecular complexity index is 211. The van der Waals surface area contributed by atoms with Gasteiger partial charge in [-0.1, -0.05) is 0 Å². The van der Waals surface area contributed by atoms with E-state index in [2.05, 4.69) is 10.6 Å². The third kappa shape index (κ3) is 4.94. The minimum Gasteiger partial charge on any atom is -0.381 e. The van der Waals surface area contributed by atoms with Gasteiger partial charge in [0.25, 0.3) is 0 Å². The average molecular weight is 228 g/mol. The van der Waals surface area contributed by atoms with Gasteiger partial charge in [0.2, 0.25) is 5.91 Å². The van der Waals surface area contributed by atoms with Crippen molar-refractivity contribution in [2.24, 2.45) is 0 Å². The Morgan fingerprint density at radius 2 is 2.00 bits per heavy atom. The molecular formula is C12H24N2O2. The van der Waals surface area contributed by atoms with Crippen LogP contribution in [0.5, 0.6) is 0 Å². The maximum atomic E-state index is 11.7. The summed E-state index contributed by atoms with van der Waals surface area (Å²) in [7, 11) is 0. The van der Waals surface area contributed by atoms with Crippen LogP contribution in [0.4, 0.5) is 0 Å². The molecule has 0 radical (unpaired) electrons. The first-order chi connectivity index (χ1) is 7.59. The van der Waals surface area contributed by atoms with Gasteiger partial charge in [-0.25, -0.2) is 0 Å². The number of nitrogens with one attached hydrogen (secondary N) is 2. The van der Waals surface area contributed by atoms with E-state index in [0.717, 1.165) is 32.5 Å². The van der Waals surface area contributed by atoms with Crippen molar-refractivity contribution in [3.05, 3.63) is 0 Å². The van der Waals surface area contributed by atoms with Crippen molar-refractivity contribution in [3.63, 3.8) is 0 Å². The second-order valence-corrected chi connectivity index (χ2v) is 4.79. The van der Waals surface area contributed by atoms with Crippen molar-refractivity contribution in [1.82, 2.24) is 10.6 Å². The normalized spacial score (nSPS) is 23.9. The van der Waals surface area contributed by atoms with E-state index in [1.807, 2.05) is 20.8 Å². The number of hydrogen-bond acceptors (Lipinski definition) is 3.